The third-order valence-corrected chi connectivity index (χ3v) is 6.07. The maximum absolute atomic E-state index is 14.2. The summed E-state index contributed by atoms with van der Waals surface area (Å²) in [7, 11) is 0. The number of para-hydroxylation sites is 1. The minimum Gasteiger partial charge on any atom is -0.349 e. The first kappa shape index (κ1) is 23.6. The predicted octanol–water partition coefficient (Wildman–Crippen LogP) is 5.16. The van der Waals surface area contributed by atoms with Crippen LogP contribution in [-0.4, -0.2) is 28.7 Å². The predicted molar refractivity (Wildman–Crippen MR) is 131 cm³/mol. The molecule has 1 aliphatic carbocycles. The zero-order valence-corrected chi connectivity index (χ0v) is 19.6. The normalized spacial score (nSPS) is 13.0. The van der Waals surface area contributed by atoms with E-state index in [0.29, 0.717) is 16.9 Å². The van der Waals surface area contributed by atoms with Gasteiger partial charge in [0.05, 0.1) is 22.0 Å². The standard InChI is InChI=1S/C24H20ClFN4O3S/c1-14(31)30(21-5-3-2-4-20(21)26)24-29-17(13-34-24)9-11-22(32)27-16-8-10-18(19(25)12-16)23(33)28-15-6-7-15/h2-5,8-13,15H,6-7H2,1H3,(H,27,32)(H,28,33)/b11-9+. The minimum atomic E-state index is -0.543. The maximum atomic E-state index is 14.2. The van der Waals surface area contributed by atoms with Gasteiger partial charge in [0.25, 0.3) is 5.91 Å². The Kier molecular flexibility index (Phi) is 7.04. The Labute approximate surface area is 204 Å². The number of nitrogens with one attached hydrogen (secondary N) is 2. The van der Waals surface area contributed by atoms with Crippen LogP contribution in [-0.2, 0) is 9.59 Å². The number of carbonyl (C=O) groups excluding carboxylic acids is 3. The highest BCUT2D eigenvalue weighted by atomic mass is 35.5. The second-order valence-corrected chi connectivity index (χ2v) is 8.87. The zero-order valence-electron chi connectivity index (χ0n) is 18.0. The molecule has 0 aliphatic heterocycles. The Hall–Kier alpha value is -3.56. The highest BCUT2D eigenvalue weighted by Gasteiger charge is 2.25. The summed E-state index contributed by atoms with van der Waals surface area (Å²) in [6.45, 7) is 1.32. The summed E-state index contributed by atoms with van der Waals surface area (Å²) in [6, 6.07) is 10.8. The number of carbonyl (C=O) groups is 3. The van der Waals surface area contributed by atoms with E-state index in [1.165, 1.54) is 48.2 Å². The molecule has 1 aliphatic rings. The van der Waals surface area contributed by atoms with Crippen LogP contribution >= 0.6 is 22.9 Å². The molecule has 1 saturated carbocycles. The molecule has 3 amide bonds. The number of hydrogen-bond acceptors (Lipinski definition) is 5. The molecule has 4 rings (SSSR count). The van der Waals surface area contributed by atoms with E-state index in [1.54, 1.807) is 23.6 Å². The highest BCUT2D eigenvalue weighted by molar-refractivity contribution is 7.14. The van der Waals surface area contributed by atoms with Crippen molar-refractivity contribution in [1.29, 1.82) is 0 Å². The summed E-state index contributed by atoms with van der Waals surface area (Å²) < 4.78 is 14.2. The lowest BCUT2D eigenvalue weighted by molar-refractivity contribution is -0.116. The number of halogens is 2. The van der Waals surface area contributed by atoms with Crippen molar-refractivity contribution < 1.29 is 18.8 Å². The summed E-state index contributed by atoms with van der Waals surface area (Å²) in [5.41, 5.74) is 1.32. The third kappa shape index (κ3) is 5.67. The second kappa shape index (κ2) is 10.1. The number of thiazole rings is 1. The number of anilines is 3. The van der Waals surface area contributed by atoms with Gasteiger partial charge >= 0.3 is 0 Å². The van der Waals surface area contributed by atoms with Crippen molar-refractivity contribution in [2.75, 3.05) is 10.2 Å². The van der Waals surface area contributed by atoms with Crippen molar-refractivity contribution in [3.05, 3.63) is 76.0 Å². The molecule has 2 aromatic carbocycles. The number of nitrogens with zero attached hydrogens (tertiary/aromatic N) is 2. The first-order chi connectivity index (χ1) is 16.3. The molecule has 1 aromatic heterocycles. The fraction of sp³-hybridized carbons (Fsp3) is 0.167. The molecule has 10 heteroatoms. The van der Waals surface area contributed by atoms with Crippen LogP contribution in [0.15, 0.2) is 53.9 Å². The van der Waals surface area contributed by atoms with Crippen molar-refractivity contribution in [2.45, 2.75) is 25.8 Å². The summed E-state index contributed by atoms with van der Waals surface area (Å²) in [5.74, 6) is -1.60. The third-order valence-electron chi connectivity index (χ3n) is 4.91. The van der Waals surface area contributed by atoms with E-state index in [0.717, 1.165) is 24.2 Å². The number of amides is 3. The fourth-order valence-electron chi connectivity index (χ4n) is 3.11. The van der Waals surface area contributed by atoms with Crippen molar-refractivity contribution in [3.63, 3.8) is 0 Å². The Morgan fingerprint density at radius 3 is 2.65 bits per heavy atom. The molecule has 1 heterocycles. The van der Waals surface area contributed by atoms with E-state index in [1.807, 2.05) is 0 Å². The molecule has 34 heavy (non-hydrogen) atoms. The molecule has 174 valence electrons. The minimum absolute atomic E-state index is 0.101. The monoisotopic (exact) mass is 498 g/mol. The first-order valence-electron chi connectivity index (χ1n) is 10.4. The van der Waals surface area contributed by atoms with Crippen molar-refractivity contribution in [1.82, 2.24) is 10.3 Å². The van der Waals surface area contributed by atoms with Gasteiger partial charge in [-0.2, -0.15) is 0 Å². The van der Waals surface area contributed by atoms with E-state index in [2.05, 4.69) is 15.6 Å². The van der Waals surface area contributed by atoms with Crippen LogP contribution in [0.3, 0.4) is 0 Å². The van der Waals surface area contributed by atoms with Crippen LogP contribution in [0.1, 0.15) is 35.8 Å². The molecule has 0 atom stereocenters. The molecule has 1 fully saturated rings. The highest BCUT2D eigenvalue weighted by Crippen LogP contribution is 2.31. The van der Waals surface area contributed by atoms with Gasteiger partial charge in [-0.15, -0.1) is 11.3 Å². The Morgan fingerprint density at radius 2 is 1.97 bits per heavy atom. The quantitative estimate of drug-likeness (QED) is 0.440. The van der Waals surface area contributed by atoms with E-state index in [-0.39, 0.29) is 33.7 Å². The van der Waals surface area contributed by atoms with Crippen LogP contribution < -0.4 is 15.5 Å². The van der Waals surface area contributed by atoms with Crippen LogP contribution in [0.2, 0.25) is 5.02 Å². The van der Waals surface area contributed by atoms with E-state index < -0.39 is 11.7 Å². The van der Waals surface area contributed by atoms with Crippen LogP contribution in [0.5, 0.6) is 0 Å². The average molecular weight is 499 g/mol. The van der Waals surface area contributed by atoms with Gasteiger partial charge in [-0.1, -0.05) is 23.7 Å². The molecule has 2 N–H and O–H groups in total. The van der Waals surface area contributed by atoms with Gasteiger partial charge in [0.1, 0.15) is 5.82 Å². The second-order valence-electron chi connectivity index (χ2n) is 7.63. The zero-order chi connectivity index (χ0) is 24.2. The van der Waals surface area contributed by atoms with Gasteiger partial charge in [-0.05, 0) is 49.2 Å². The van der Waals surface area contributed by atoms with Gasteiger partial charge in [-0.3, -0.25) is 19.3 Å². The Balaban J connectivity index is 1.42. The maximum Gasteiger partial charge on any atom is 0.253 e. The van der Waals surface area contributed by atoms with Crippen molar-refractivity contribution >= 4 is 63.2 Å². The number of rotatable bonds is 7. The van der Waals surface area contributed by atoms with Gasteiger partial charge in [0, 0.05) is 30.1 Å². The molecule has 0 bridgehead atoms. The lowest BCUT2D eigenvalue weighted by Crippen LogP contribution is -2.25. The summed E-state index contributed by atoms with van der Waals surface area (Å²) in [6.07, 6.45) is 4.70. The van der Waals surface area contributed by atoms with Crippen LogP contribution in [0, 0.1) is 5.82 Å². The van der Waals surface area contributed by atoms with Gasteiger partial charge in [0.2, 0.25) is 11.8 Å². The summed E-state index contributed by atoms with van der Waals surface area (Å²) in [5, 5.41) is 7.71. The molecule has 0 radical (unpaired) electrons. The summed E-state index contributed by atoms with van der Waals surface area (Å²) >= 11 is 7.36. The number of hydrogen-bond donors (Lipinski definition) is 2. The van der Waals surface area contributed by atoms with Crippen molar-refractivity contribution in [2.24, 2.45) is 0 Å². The Morgan fingerprint density at radius 1 is 1.21 bits per heavy atom. The van der Waals surface area contributed by atoms with Crippen molar-refractivity contribution in [3.8, 4) is 0 Å². The first-order valence-corrected chi connectivity index (χ1v) is 11.7. The largest absolute Gasteiger partial charge is 0.349 e. The SMILES string of the molecule is CC(=O)N(c1nc(/C=C/C(=O)Nc2ccc(C(=O)NC3CC3)c(Cl)c2)cs1)c1ccccc1F. The van der Waals surface area contributed by atoms with Gasteiger partial charge in [0.15, 0.2) is 5.13 Å². The fourth-order valence-corrected chi connectivity index (χ4v) is 4.22. The van der Waals surface area contributed by atoms with Crippen LogP contribution in [0.25, 0.3) is 6.08 Å². The Bertz CT molecular complexity index is 1290. The summed E-state index contributed by atoms with van der Waals surface area (Å²) in [4.78, 5) is 42.1. The average Bonchev–Trinajstić information content (AvgIpc) is 3.48. The molecule has 0 spiro atoms. The number of benzene rings is 2. The smallest absolute Gasteiger partial charge is 0.253 e. The van der Waals surface area contributed by atoms with Gasteiger partial charge in [-0.25, -0.2) is 9.37 Å². The molecule has 0 unspecified atom stereocenters. The van der Waals surface area contributed by atoms with Crippen LogP contribution in [0.4, 0.5) is 20.9 Å². The lowest BCUT2D eigenvalue weighted by Gasteiger charge is -2.18. The number of aromatic nitrogens is 1. The molecule has 0 saturated heterocycles. The molecular formula is C24H20ClFN4O3S. The molecule has 3 aromatic rings. The van der Waals surface area contributed by atoms with Gasteiger partial charge < -0.3 is 10.6 Å². The van der Waals surface area contributed by atoms with E-state index in [4.69, 9.17) is 11.6 Å². The lowest BCUT2D eigenvalue weighted by atomic mass is 10.2. The topological polar surface area (TPSA) is 91.4 Å². The molecular weight excluding hydrogens is 479 g/mol. The molecule has 7 nitrogen and oxygen atoms in total. The van der Waals surface area contributed by atoms with E-state index >= 15 is 0 Å². The van der Waals surface area contributed by atoms with E-state index in [9.17, 15) is 18.8 Å².